The first-order valence-electron chi connectivity index (χ1n) is 5.81. The summed E-state index contributed by atoms with van der Waals surface area (Å²) in [5.74, 6) is -1.17. The minimum Gasteiger partial charge on any atom is -0.478 e. The van der Waals surface area contributed by atoms with E-state index >= 15 is 0 Å². The standard InChI is InChI=1S/C12H16BrNO5S/c1-8-10(12(15)16)6-9(7-11(8)13)20(17,18)14-4-3-5-19-2/h6-7,14H,3-5H2,1-2H3,(H,15,16). The van der Waals surface area contributed by atoms with Crippen molar-refractivity contribution in [3.63, 3.8) is 0 Å². The van der Waals surface area contributed by atoms with Crippen molar-refractivity contribution in [2.24, 2.45) is 0 Å². The number of aromatic carboxylic acids is 1. The van der Waals surface area contributed by atoms with Crippen molar-refractivity contribution < 1.29 is 23.1 Å². The number of methoxy groups -OCH3 is 1. The molecule has 1 aromatic carbocycles. The number of halogens is 1. The summed E-state index contributed by atoms with van der Waals surface area (Å²) >= 11 is 3.18. The number of hydrogen-bond donors (Lipinski definition) is 2. The Kier molecular flexibility index (Phi) is 6.12. The number of carboxylic acid groups (broad SMARTS) is 1. The molecule has 1 rings (SSSR count). The molecule has 8 heteroatoms. The molecule has 6 nitrogen and oxygen atoms in total. The van der Waals surface area contributed by atoms with Gasteiger partial charge in [0.15, 0.2) is 0 Å². The lowest BCUT2D eigenvalue weighted by molar-refractivity contribution is 0.0695. The van der Waals surface area contributed by atoms with Crippen molar-refractivity contribution >= 4 is 31.9 Å². The van der Waals surface area contributed by atoms with Gasteiger partial charge in [-0.3, -0.25) is 0 Å². The van der Waals surface area contributed by atoms with Gasteiger partial charge in [-0.25, -0.2) is 17.9 Å². The van der Waals surface area contributed by atoms with Crippen LogP contribution in [-0.2, 0) is 14.8 Å². The summed E-state index contributed by atoms with van der Waals surface area (Å²) in [6, 6.07) is 2.54. The lowest BCUT2D eigenvalue weighted by atomic mass is 10.1. The molecule has 0 aliphatic heterocycles. The molecule has 0 spiro atoms. The molecule has 0 heterocycles. The number of carbonyl (C=O) groups is 1. The van der Waals surface area contributed by atoms with E-state index in [1.54, 1.807) is 6.92 Å². The summed E-state index contributed by atoms with van der Waals surface area (Å²) in [7, 11) is -2.20. The third-order valence-electron chi connectivity index (χ3n) is 2.68. The monoisotopic (exact) mass is 365 g/mol. The number of carboxylic acids is 1. The van der Waals surface area contributed by atoms with E-state index in [0.717, 1.165) is 6.07 Å². The van der Waals surface area contributed by atoms with E-state index < -0.39 is 16.0 Å². The summed E-state index contributed by atoms with van der Waals surface area (Å²) in [5.41, 5.74) is 0.437. The van der Waals surface area contributed by atoms with E-state index in [0.29, 0.717) is 23.1 Å². The number of sulfonamides is 1. The quantitative estimate of drug-likeness (QED) is 0.718. The highest BCUT2D eigenvalue weighted by Crippen LogP contribution is 2.24. The van der Waals surface area contributed by atoms with Crippen molar-refractivity contribution in [1.82, 2.24) is 4.72 Å². The van der Waals surface area contributed by atoms with Gasteiger partial charge in [0.05, 0.1) is 10.5 Å². The smallest absolute Gasteiger partial charge is 0.336 e. The van der Waals surface area contributed by atoms with Crippen LogP contribution < -0.4 is 4.72 Å². The van der Waals surface area contributed by atoms with Gasteiger partial charge in [-0.15, -0.1) is 0 Å². The maximum Gasteiger partial charge on any atom is 0.336 e. The molecule has 0 fully saturated rings. The first-order valence-corrected chi connectivity index (χ1v) is 8.09. The molecule has 0 atom stereocenters. The van der Waals surface area contributed by atoms with Crippen LogP contribution in [0.25, 0.3) is 0 Å². The summed E-state index contributed by atoms with van der Waals surface area (Å²) < 4.78 is 31.8. The summed E-state index contributed by atoms with van der Waals surface area (Å²) in [6.07, 6.45) is 0.536. The molecule has 0 bridgehead atoms. The second-order valence-electron chi connectivity index (χ2n) is 4.13. The minimum atomic E-state index is -3.73. The van der Waals surface area contributed by atoms with Gasteiger partial charge in [0.25, 0.3) is 0 Å². The van der Waals surface area contributed by atoms with Crippen LogP contribution in [0.3, 0.4) is 0 Å². The van der Waals surface area contributed by atoms with Gasteiger partial charge in [-0.1, -0.05) is 15.9 Å². The molecule has 0 unspecified atom stereocenters. The maximum absolute atomic E-state index is 12.1. The van der Waals surface area contributed by atoms with Crippen LogP contribution in [0.4, 0.5) is 0 Å². The predicted octanol–water partition coefficient (Wildman–Crippen LogP) is 1.77. The van der Waals surface area contributed by atoms with Crippen LogP contribution in [0, 0.1) is 6.92 Å². The van der Waals surface area contributed by atoms with Gasteiger partial charge in [0.1, 0.15) is 0 Å². The Morgan fingerprint density at radius 2 is 2.10 bits per heavy atom. The lowest BCUT2D eigenvalue weighted by Gasteiger charge is -2.10. The fraction of sp³-hybridized carbons (Fsp3) is 0.417. The highest BCUT2D eigenvalue weighted by Gasteiger charge is 2.19. The zero-order valence-corrected chi connectivity index (χ0v) is 13.5. The molecular formula is C12H16BrNO5S. The van der Waals surface area contributed by atoms with Crippen molar-refractivity contribution in [2.75, 3.05) is 20.3 Å². The molecule has 0 radical (unpaired) electrons. The number of nitrogens with one attached hydrogen (secondary N) is 1. The van der Waals surface area contributed by atoms with Gasteiger partial charge < -0.3 is 9.84 Å². The fourth-order valence-corrected chi connectivity index (χ4v) is 3.28. The van der Waals surface area contributed by atoms with Gasteiger partial charge in [-0.05, 0) is 31.0 Å². The number of hydrogen-bond acceptors (Lipinski definition) is 4. The van der Waals surface area contributed by atoms with E-state index in [4.69, 9.17) is 9.84 Å². The van der Waals surface area contributed by atoms with Crippen molar-refractivity contribution in [2.45, 2.75) is 18.2 Å². The van der Waals surface area contributed by atoms with Crippen molar-refractivity contribution in [3.8, 4) is 0 Å². The molecule has 0 aliphatic carbocycles. The molecule has 0 aliphatic rings. The SMILES string of the molecule is COCCCNS(=O)(=O)c1cc(Br)c(C)c(C(=O)O)c1. The second kappa shape index (κ2) is 7.16. The van der Waals surface area contributed by atoms with E-state index in [-0.39, 0.29) is 17.0 Å². The Bertz CT molecular complexity index is 600. The predicted molar refractivity (Wildman–Crippen MR) is 77.5 cm³/mol. The summed E-state index contributed by atoms with van der Waals surface area (Å²) in [4.78, 5) is 11.0. The lowest BCUT2D eigenvalue weighted by Crippen LogP contribution is -2.26. The molecule has 1 aromatic rings. The normalized spacial score (nSPS) is 11.6. The number of rotatable bonds is 7. The molecule has 2 N–H and O–H groups in total. The Labute approximate surface area is 126 Å². The zero-order valence-electron chi connectivity index (χ0n) is 11.1. The summed E-state index contributed by atoms with van der Waals surface area (Å²) in [5, 5.41) is 9.07. The van der Waals surface area contributed by atoms with E-state index in [2.05, 4.69) is 20.7 Å². The van der Waals surface area contributed by atoms with Crippen LogP contribution >= 0.6 is 15.9 Å². The van der Waals surface area contributed by atoms with Crippen LogP contribution in [0.15, 0.2) is 21.5 Å². The number of benzene rings is 1. The van der Waals surface area contributed by atoms with Crippen LogP contribution in [0.5, 0.6) is 0 Å². The van der Waals surface area contributed by atoms with Gasteiger partial charge in [0.2, 0.25) is 10.0 Å². The van der Waals surface area contributed by atoms with E-state index in [1.165, 1.54) is 13.2 Å². The summed E-state index contributed by atoms with van der Waals surface area (Å²) in [6.45, 7) is 2.28. The van der Waals surface area contributed by atoms with Crippen LogP contribution in [0.1, 0.15) is 22.3 Å². The Morgan fingerprint density at radius 1 is 1.45 bits per heavy atom. The van der Waals surface area contributed by atoms with E-state index in [9.17, 15) is 13.2 Å². The maximum atomic E-state index is 12.1. The third kappa shape index (κ3) is 4.27. The van der Waals surface area contributed by atoms with Gasteiger partial charge in [0, 0.05) is 24.7 Å². The average Bonchev–Trinajstić information content (AvgIpc) is 2.37. The van der Waals surface area contributed by atoms with Gasteiger partial charge >= 0.3 is 5.97 Å². The van der Waals surface area contributed by atoms with Crippen LogP contribution in [0.2, 0.25) is 0 Å². The largest absolute Gasteiger partial charge is 0.478 e. The van der Waals surface area contributed by atoms with Gasteiger partial charge in [-0.2, -0.15) is 0 Å². The first-order chi connectivity index (χ1) is 9.29. The van der Waals surface area contributed by atoms with Crippen LogP contribution in [-0.4, -0.2) is 39.8 Å². The fourth-order valence-electron chi connectivity index (χ4n) is 1.54. The Balaban J connectivity index is 3.04. The molecule has 112 valence electrons. The topological polar surface area (TPSA) is 92.7 Å². The van der Waals surface area contributed by atoms with E-state index in [1.807, 2.05) is 0 Å². The number of ether oxygens (including phenoxy) is 1. The average molecular weight is 366 g/mol. The third-order valence-corrected chi connectivity index (χ3v) is 4.94. The van der Waals surface area contributed by atoms with Crippen molar-refractivity contribution in [1.29, 1.82) is 0 Å². The highest BCUT2D eigenvalue weighted by molar-refractivity contribution is 9.10. The molecule has 0 aromatic heterocycles. The molecular weight excluding hydrogens is 350 g/mol. The minimum absolute atomic E-state index is 0.0448. The Morgan fingerprint density at radius 3 is 2.65 bits per heavy atom. The zero-order chi connectivity index (χ0) is 15.3. The molecule has 20 heavy (non-hydrogen) atoms. The van der Waals surface area contributed by atoms with Crippen molar-refractivity contribution in [3.05, 3.63) is 27.7 Å². The molecule has 0 saturated carbocycles. The molecule has 0 saturated heterocycles. The Hall–Kier alpha value is -0.960. The second-order valence-corrected chi connectivity index (χ2v) is 6.75. The first kappa shape index (κ1) is 17.1. The highest BCUT2D eigenvalue weighted by atomic mass is 79.9. The molecule has 0 amide bonds.